The Kier molecular flexibility index (Phi) is 4.02. The van der Waals surface area contributed by atoms with Crippen molar-refractivity contribution in [1.29, 1.82) is 0 Å². The Balaban J connectivity index is 2.33. The third-order valence-corrected chi connectivity index (χ3v) is 3.32. The van der Waals surface area contributed by atoms with Crippen LogP contribution in [0.2, 0.25) is 0 Å². The molecule has 0 saturated heterocycles. The topological polar surface area (TPSA) is 24.9 Å². The number of aryl methyl sites for hydroxylation is 3. The zero-order valence-corrected chi connectivity index (χ0v) is 12.1. The molecule has 106 valence electrons. The third kappa shape index (κ3) is 2.95. The molecule has 0 amide bonds. The van der Waals surface area contributed by atoms with Crippen LogP contribution in [-0.4, -0.2) is 4.98 Å². The van der Waals surface area contributed by atoms with Crippen molar-refractivity contribution >= 4 is 5.69 Å². The van der Waals surface area contributed by atoms with Gasteiger partial charge in [0.25, 0.3) is 0 Å². The molecule has 0 aliphatic heterocycles. The van der Waals surface area contributed by atoms with Crippen LogP contribution in [0.15, 0.2) is 24.3 Å². The average molecular weight is 276 g/mol. The van der Waals surface area contributed by atoms with Crippen LogP contribution in [0.25, 0.3) is 0 Å². The lowest BCUT2D eigenvalue weighted by atomic mass is 10.00. The van der Waals surface area contributed by atoms with E-state index in [4.69, 9.17) is 0 Å². The van der Waals surface area contributed by atoms with E-state index in [1.165, 1.54) is 0 Å². The Bertz CT molecular complexity index is 615. The Morgan fingerprint density at radius 1 is 1.10 bits per heavy atom. The van der Waals surface area contributed by atoms with Gasteiger partial charge in [0.05, 0.1) is 11.7 Å². The van der Waals surface area contributed by atoms with E-state index in [2.05, 4.69) is 10.3 Å². The second-order valence-electron chi connectivity index (χ2n) is 5.07. The summed E-state index contributed by atoms with van der Waals surface area (Å²) in [5, 5.41) is 3.01. The van der Waals surface area contributed by atoms with Gasteiger partial charge < -0.3 is 5.32 Å². The Labute approximate surface area is 117 Å². The van der Waals surface area contributed by atoms with E-state index >= 15 is 0 Å². The fraction of sp³-hybridized carbons (Fsp3) is 0.312. The van der Waals surface area contributed by atoms with Gasteiger partial charge in [0.1, 0.15) is 11.6 Å². The summed E-state index contributed by atoms with van der Waals surface area (Å²) in [5.41, 5.74) is 4.12. The highest BCUT2D eigenvalue weighted by Crippen LogP contribution is 2.26. The van der Waals surface area contributed by atoms with Gasteiger partial charge in [0.2, 0.25) is 0 Å². The lowest BCUT2D eigenvalue weighted by molar-refractivity contribution is 0.600. The molecule has 0 radical (unpaired) electrons. The fourth-order valence-electron chi connectivity index (χ4n) is 2.60. The summed E-state index contributed by atoms with van der Waals surface area (Å²) in [6.07, 6.45) is 0. The van der Waals surface area contributed by atoms with E-state index in [-0.39, 0.29) is 11.7 Å². The zero-order chi connectivity index (χ0) is 14.9. The summed E-state index contributed by atoms with van der Waals surface area (Å²) >= 11 is 0. The molecule has 2 aromatic rings. The molecule has 0 aliphatic carbocycles. The highest BCUT2D eigenvalue weighted by molar-refractivity contribution is 5.48. The first-order chi connectivity index (χ1) is 9.38. The van der Waals surface area contributed by atoms with Crippen LogP contribution >= 0.6 is 0 Å². The van der Waals surface area contributed by atoms with Gasteiger partial charge in [-0.1, -0.05) is 0 Å². The maximum Gasteiger partial charge on any atom is 0.146 e. The van der Waals surface area contributed by atoms with Gasteiger partial charge >= 0.3 is 0 Å². The molecule has 0 bridgehead atoms. The summed E-state index contributed by atoms with van der Waals surface area (Å²) in [7, 11) is 0. The van der Waals surface area contributed by atoms with E-state index in [0.717, 1.165) is 40.7 Å². The quantitative estimate of drug-likeness (QED) is 0.895. The molecule has 1 atom stereocenters. The van der Waals surface area contributed by atoms with Crippen molar-refractivity contribution in [2.75, 3.05) is 5.32 Å². The van der Waals surface area contributed by atoms with Crippen LogP contribution in [0.5, 0.6) is 0 Å². The normalized spacial score (nSPS) is 12.3. The number of halogens is 2. The molecule has 1 aromatic heterocycles. The van der Waals surface area contributed by atoms with Gasteiger partial charge in [-0.05, 0) is 63.1 Å². The maximum atomic E-state index is 13.7. The number of hydrogen-bond donors (Lipinski definition) is 1. The predicted molar refractivity (Wildman–Crippen MR) is 76.8 cm³/mol. The highest BCUT2D eigenvalue weighted by Gasteiger charge is 2.15. The van der Waals surface area contributed by atoms with Crippen molar-refractivity contribution in [3.8, 4) is 0 Å². The van der Waals surface area contributed by atoms with E-state index in [0.29, 0.717) is 0 Å². The molecule has 0 fully saturated rings. The van der Waals surface area contributed by atoms with Crippen molar-refractivity contribution in [2.45, 2.75) is 33.7 Å². The summed E-state index contributed by atoms with van der Waals surface area (Å²) in [4.78, 5) is 4.43. The Morgan fingerprint density at radius 2 is 1.80 bits per heavy atom. The molecule has 1 heterocycles. The fourth-order valence-corrected chi connectivity index (χ4v) is 2.60. The molecule has 0 aliphatic rings. The minimum atomic E-state index is -0.464. The number of anilines is 1. The van der Waals surface area contributed by atoms with Crippen LogP contribution in [0.3, 0.4) is 0 Å². The predicted octanol–water partition coefficient (Wildman–Crippen LogP) is 4.46. The first kappa shape index (κ1) is 14.4. The lowest BCUT2D eigenvalue weighted by Crippen LogP contribution is -2.12. The maximum absolute atomic E-state index is 13.7. The van der Waals surface area contributed by atoms with Crippen molar-refractivity contribution in [3.05, 3.63) is 58.4 Å². The average Bonchev–Trinajstić information content (AvgIpc) is 2.32. The molecule has 0 spiro atoms. The first-order valence-corrected chi connectivity index (χ1v) is 6.55. The van der Waals surface area contributed by atoms with E-state index in [1.54, 1.807) is 0 Å². The van der Waals surface area contributed by atoms with Gasteiger partial charge in [-0.2, -0.15) is 0 Å². The molecule has 1 N–H and O–H groups in total. The van der Waals surface area contributed by atoms with Crippen LogP contribution in [0, 0.1) is 32.4 Å². The molecular weight excluding hydrogens is 258 g/mol. The van der Waals surface area contributed by atoms with Crippen molar-refractivity contribution in [2.24, 2.45) is 0 Å². The summed E-state index contributed by atoms with van der Waals surface area (Å²) in [6, 6.07) is 5.23. The second-order valence-corrected chi connectivity index (χ2v) is 5.07. The number of rotatable bonds is 3. The SMILES string of the molecule is Cc1cc(C)c(C(C)Nc2cc(F)ccc2F)c(C)n1. The summed E-state index contributed by atoms with van der Waals surface area (Å²) < 4.78 is 26.9. The van der Waals surface area contributed by atoms with Gasteiger partial charge in [-0.15, -0.1) is 0 Å². The second kappa shape index (κ2) is 5.57. The number of pyridine rings is 1. The van der Waals surface area contributed by atoms with Gasteiger partial charge in [-0.3, -0.25) is 4.98 Å². The number of nitrogens with zero attached hydrogens (tertiary/aromatic N) is 1. The van der Waals surface area contributed by atoms with Crippen molar-refractivity contribution in [1.82, 2.24) is 4.98 Å². The lowest BCUT2D eigenvalue weighted by Gasteiger charge is -2.20. The highest BCUT2D eigenvalue weighted by atomic mass is 19.1. The standard InChI is InChI=1S/C16H18F2N2/c1-9-7-10(2)19-11(3)16(9)12(4)20-15-8-13(17)5-6-14(15)18/h5-8,12,20H,1-4H3. The van der Waals surface area contributed by atoms with Gasteiger partial charge in [0.15, 0.2) is 0 Å². The largest absolute Gasteiger partial charge is 0.376 e. The minimum Gasteiger partial charge on any atom is -0.376 e. The molecule has 2 rings (SSSR count). The van der Waals surface area contributed by atoms with Crippen LogP contribution < -0.4 is 5.32 Å². The molecule has 4 heteroatoms. The van der Waals surface area contributed by atoms with Gasteiger partial charge in [-0.25, -0.2) is 8.78 Å². The molecule has 2 nitrogen and oxygen atoms in total. The number of aromatic nitrogens is 1. The Morgan fingerprint density at radius 3 is 2.45 bits per heavy atom. The third-order valence-electron chi connectivity index (χ3n) is 3.32. The van der Waals surface area contributed by atoms with E-state index in [9.17, 15) is 8.78 Å². The number of nitrogens with one attached hydrogen (secondary N) is 1. The first-order valence-electron chi connectivity index (χ1n) is 6.55. The molecule has 20 heavy (non-hydrogen) atoms. The van der Waals surface area contributed by atoms with Gasteiger partial charge in [0, 0.05) is 11.4 Å². The summed E-state index contributed by atoms with van der Waals surface area (Å²) in [6.45, 7) is 7.78. The minimum absolute atomic E-state index is 0.153. The molecule has 1 unspecified atom stereocenters. The van der Waals surface area contributed by atoms with Crippen LogP contribution in [0.4, 0.5) is 14.5 Å². The monoisotopic (exact) mass is 276 g/mol. The van der Waals surface area contributed by atoms with E-state index in [1.807, 2.05) is 33.8 Å². The van der Waals surface area contributed by atoms with Crippen LogP contribution in [-0.2, 0) is 0 Å². The smallest absolute Gasteiger partial charge is 0.146 e. The van der Waals surface area contributed by atoms with E-state index < -0.39 is 11.6 Å². The van der Waals surface area contributed by atoms with Crippen molar-refractivity contribution < 1.29 is 8.78 Å². The number of benzene rings is 1. The molecule has 1 aromatic carbocycles. The molecule has 0 saturated carbocycles. The summed E-state index contributed by atoms with van der Waals surface area (Å²) in [5.74, 6) is -0.926. The zero-order valence-electron chi connectivity index (χ0n) is 12.1. The molecular formula is C16H18F2N2. The number of hydrogen-bond acceptors (Lipinski definition) is 2. The van der Waals surface area contributed by atoms with Crippen LogP contribution in [0.1, 0.15) is 35.5 Å². The Hall–Kier alpha value is -1.97. The van der Waals surface area contributed by atoms with Crippen molar-refractivity contribution in [3.63, 3.8) is 0 Å².